The minimum absolute atomic E-state index is 0.276. The maximum absolute atomic E-state index is 11.2. The lowest BCUT2D eigenvalue weighted by Crippen LogP contribution is -2.12. The normalized spacial score (nSPS) is 11.3. The first kappa shape index (κ1) is 27.3. The number of aromatic hydroxyl groups is 1. The molecule has 0 saturated heterocycles. The molecule has 0 amide bonds. The lowest BCUT2D eigenvalue weighted by molar-refractivity contribution is 0.316. The van der Waals surface area contributed by atoms with Gasteiger partial charge >= 0.3 is 0 Å². The lowest BCUT2D eigenvalue weighted by atomic mass is 9.90. The highest BCUT2D eigenvalue weighted by Crippen LogP contribution is 2.42. The Kier molecular flexibility index (Phi) is 8.78. The van der Waals surface area contributed by atoms with E-state index in [9.17, 15) is 5.11 Å². The zero-order chi connectivity index (χ0) is 27.2. The largest absolute Gasteiger partial charge is 0.507 e. The molecule has 0 heterocycles. The monoisotopic (exact) mass is 507 g/mol. The summed E-state index contributed by atoms with van der Waals surface area (Å²) >= 11 is 0. The molecule has 0 atom stereocenters. The fourth-order valence-corrected chi connectivity index (χ4v) is 5.02. The second-order valence-electron chi connectivity index (χ2n) is 10.8. The van der Waals surface area contributed by atoms with Crippen LogP contribution < -0.4 is 10.1 Å². The molecule has 0 aliphatic heterocycles. The Morgan fingerprint density at radius 1 is 0.711 bits per heavy atom. The summed E-state index contributed by atoms with van der Waals surface area (Å²) in [5.74, 6) is 1.98. The molecule has 0 bridgehead atoms. The molecule has 38 heavy (non-hydrogen) atoms. The molecular weight excluding hydrogens is 466 g/mol. The highest BCUT2D eigenvalue weighted by atomic mass is 16.5. The Bertz CT molecular complexity index is 1340. The summed E-state index contributed by atoms with van der Waals surface area (Å²) in [6.07, 6.45) is 0.867. The van der Waals surface area contributed by atoms with Crippen molar-refractivity contribution in [2.24, 2.45) is 0 Å². The Labute approximate surface area is 228 Å². The number of aryl methyl sites for hydroxylation is 2. The van der Waals surface area contributed by atoms with Gasteiger partial charge in [-0.2, -0.15) is 0 Å². The lowest BCUT2D eigenvalue weighted by Gasteiger charge is -2.22. The van der Waals surface area contributed by atoms with E-state index in [1.54, 1.807) is 0 Å². The number of phenols is 1. The average Bonchev–Trinajstić information content (AvgIpc) is 2.90. The molecule has 3 nitrogen and oxygen atoms in total. The minimum Gasteiger partial charge on any atom is -0.507 e. The number of anilines is 1. The Hall–Kier alpha value is -3.72. The van der Waals surface area contributed by atoms with Crippen LogP contribution in [-0.4, -0.2) is 18.3 Å². The molecule has 0 aromatic heterocycles. The summed E-state index contributed by atoms with van der Waals surface area (Å²) in [5.41, 5.74) is 9.98. The number of phenolic OH excluding ortho intramolecular Hbond substituents is 1. The number of nitrogens with one attached hydrogen (secondary N) is 1. The van der Waals surface area contributed by atoms with Crippen molar-refractivity contribution in [1.82, 2.24) is 0 Å². The Morgan fingerprint density at radius 3 is 2.03 bits per heavy atom. The number of hydrogen-bond acceptors (Lipinski definition) is 3. The minimum atomic E-state index is 0.276. The molecule has 4 aromatic rings. The smallest absolute Gasteiger partial charge is 0.131 e. The van der Waals surface area contributed by atoms with Gasteiger partial charge in [0.1, 0.15) is 11.5 Å². The van der Waals surface area contributed by atoms with E-state index in [2.05, 4.69) is 71.1 Å². The molecule has 0 radical (unpaired) electrons. The van der Waals surface area contributed by atoms with Crippen LogP contribution in [0.3, 0.4) is 0 Å². The fraction of sp³-hybridized carbons (Fsp3) is 0.314. The molecule has 0 aliphatic carbocycles. The zero-order valence-electron chi connectivity index (χ0n) is 23.6. The predicted molar refractivity (Wildman–Crippen MR) is 162 cm³/mol. The van der Waals surface area contributed by atoms with Gasteiger partial charge in [0.05, 0.1) is 6.61 Å². The average molecular weight is 508 g/mol. The fourth-order valence-electron chi connectivity index (χ4n) is 5.02. The summed E-state index contributed by atoms with van der Waals surface area (Å²) < 4.78 is 6.31. The van der Waals surface area contributed by atoms with Gasteiger partial charge < -0.3 is 15.2 Å². The highest BCUT2D eigenvalue weighted by Gasteiger charge is 2.16. The van der Waals surface area contributed by atoms with Crippen LogP contribution >= 0.6 is 0 Å². The van der Waals surface area contributed by atoms with Gasteiger partial charge in [-0.1, -0.05) is 106 Å². The van der Waals surface area contributed by atoms with Crippen LogP contribution in [0.25, 0.3) is 22.3 Å². The summed E-state index contributed by atoms with van der Waals surface area (Å²) in [5, 5.41) is 15.0. The summed E-state index contributed by atoms with van der Waals surface area (Å²) in [7, 11) is 0. The maximum atomic E-state index is 11.2. The van der Waals surface area contributed by atoms with Crippen molar-refractivity contribution in [3.63, 3.8) is 0 Å². The van der Waals surface area contributed by atoms with E-state index in [1.807, 2.05) is 54.6 Å². The van der Waals surface area contributed by atoms with Crippen molar-refractivity contribution in [3.05, 3.63) is 101 Å². The van der Waals surface area contributed by atoms with Crippen LogP contribution in [0.5, 0.6) is 11.5 Å². The van der Waals surface area contributed by atoms with E-state index in [-0.39, 0.29) is 5.75 Å². The molecule has 0 saturated carbocycles. The van der Waals surface area contributed by atoms with Crippen molar-refractivity contribution < 1.29 is 9.84 Å². The Balaban J connectivity index is 1.50. The van der Waals surface area contributed by atoms with Gasteiger partial charge in [0, 0.05) is 28.9 Å². The first-order valence-electron chi connectivity index (χ1n) is 13.8. The standard InChI is InChI=1S/C35H41NO2/c1-23(2)30-21-26(6)22-31(24(3)4)34(30)36-18-11-19-38-33-17-16-25(5)20-32(33)29-15-10-14-28(35(29)37)27-12-8-7-9-13-27/h7-10,12-17,20-24,36-37H,11,18-19H2,1-6H3. The third-order valence-corrected chi connectivity index (χ3v) is 7.01. The summed E-state index contributed by atoms with van der Waals surface area (Å²) in [6.45, 7) is 14.7. The topological polar surface area (TPSA) is 41.5 Å². The van der Waals surface area contributed by atoms with Crippen molar-refractivity contribution in [3.8, 4) is 33.8 Å². The van der Waals surface area contributed by atoms with Gasteiger partial charge in [0.2, 0.25) is 0 Å². The third-order valence-electron chi connectivity index (χ3n) is 7.01. The first-order chi connectivity index (χ1) is 18.3. The molecular formula is C35H41NO2. The quantitative estimate of drug-likeness (QED) is 0.210. The molecule has 4 rings (SSSR count). The van der Waals surface area contributed by atoms with Gasteiger partial charge in [-0.3, -0.25) is 0 Å². The zero-order valence-corrected chi connectivity index (χ0v) is 23.6. The van der Waals surface area contributed by atoms with Crippen molar-refractivity contribution >= 4 is 5.69 Å². The molecule has 3 heteroatoms. The molecule has 4 aromatic carbocycles. The van der Waals surface area contributed by atoms with Crippen molar-refractivity contribution in [2.75, 3.05) is 18.5 Å². The number of para-hydroxylation sites is 1. The number of hydrogen-bond donors (Lipinski definition) is 2. The second-order valence-corrected chi connectivity index (χ2v) is 10.8. The van der Waals surface area contributed by atoms with E-state index < -0.39 is 0 Å². The van der Waals surface area contributed by atoms with Gasteiger partial charge in [0.25, 0.3) is 0 Å². The number of rotatable bonds is 10. The van der Waals surface area contributed by atoms with Crippen LogP contribution in [0.15, 0.2) is 78.9 Å². The van der Waals surface area contributed by atoms with Gasteiger partial charge in [-0.15, -0.1) is 0 Å². The maximum Gasteiger partial charge on any atom is 0.131 e. The van der Waals surface area contributed by atoms with Crippen molar-refractivity contribution in [1.29, 1.82) is 0 Å². The second kappa shape index (κ2) is 12.2. The SMILES string of the molecule is Cc1ccc(OCCCNc2c(C(C)C)cc(C)cc2C(C)C)c(-c2cccc(-c3ccccc3)c2O)c1. The molecule has 0 fully saturated rings. The predicted octanol–water partition coefficient (Wildman–Crippen LogP) is 9.47. The molecule has 0 aliphatic rings. The van der Waals surface area contributed by atoms with Gasteiger partial charge in [-0.05, 0) is 60.9 Å². The summed E-state index contributed by atoms with van der Waals surface area (Å²) in [6, 6.07) is 26.7. The van der Waals surface area contributed by atoms with Crippen LogP contribution in [0.2, 0.25) is 0 Å². The van der Waals surface area contributed by atoms with Crippen LogP contribution in [0.4, 0.5) is 5.69 Å². The van der Waals surface area contributed by atoms with Crippen LogP contribution in [0, 0.1) is 13.8 Å². The van der Waals surface area contributed by atoms with Crippen LogP contribution in [0.1, 0.15) is 68.2 Å². The molecule has 0 spiro atoms. The molecule has 0 unspecified atom stereocenters. The van der Waals surface area contributed by atoms with E-state index >= 15 is 0 Å². The van der Waals surface area contributed by atoms with Crippen molar-refractivity contribution in [2.45, 2.75) is 59.8 Å². The number of benzene rings is 4. The van der Waals surface area contributed by atoms with E-state index in [4.69, 9.17) is 4.74 Å². The highest BCUT2D eigenvalue weighted by molar-refractivity contribution is 5.84. The van der Waals surface area contributed by atoms with E-state index in [0.29, 0.717) is 18.4 Å². The van der Waals surface area contributed by atoms with E-state index in [0.717, 1.165) is 46.5 Å². The van der Waals surface area contributed by atoms with Crippen LogP contribution in [-0.2, 0) is 0 Å². The molecule has 198 valence electrons. The number of ether oxygens (including phenoxy) is 1. The third kappa shape index (κ3) is 6.22. The van der Waals surface area contributed by atoms with Gasteiger partial charge in [0.15, 0.2) is 0 Å². The Morgan fingerprint density at radius 2 is 1.37 bits per heavy atom. The molecule has 2 N–H and O–H groups in total. The van der Waals surface area contributed by atoms with Gasteiger partial charge in [-0.25, -0.2) is 0 Å². The first-order valence-corrected chi connectivity index (χ1v) is 13.8. The van der Waals surface area contributed by atoms with E-state index in [1.165, 1.54) is 22.4 Å². The summed E-state index contributed by atoms with van der Waals surface area (Å²) in [4.78, 5) is 0.